The van der Waals surface area contributed by atoms with Gasteiger partial charge in [0.1, 0.15) is 0 Å². The Balaban J connectivity index is 2.25. The van der Waals surface area contributed by atoms with Gasteiger partial charge in [0.2, 0.25) is 10.0 Å². The zero-order valence-corrected chi connectivity index (χ0v) is 15.3. The second-order valence-electron chi connectivity index (χ2n) is 5.65. The minimum atomic E-state index is -3.81. The van der Waals surface area contributed by atoms with E-state index < -0.39 is 31.0 Å². The van der Waals surface area contributed by atoms with Crippen molar-refractivity contribution in [2.75, 3.05) is 5.32 Å². The molecule has 0 fully saturated rings. The third-order valence-electron chi connectivity index (χ3n) is 3.49. The van der Waals surface area contributed by atoms with Crippen LogP contribution in [0, 0.1) is 0 Å². The fraction of sp³-hybridized carbons (Fsp3) is 0.188. The highest BCUT2D eigenvalue weighted by atomic mass is 32.2. The van der Waals surface area contributed by atoms with Crippen molar-refractivity contribution in [1.82, 2.24) is 0 Å². The van der Waals surface area contributed by atoms with Crippen LogP contribution in [0.25, 0.3) is 0 Å². The van der Waals surface area contributed by atoms with Crippen molar-refractivity contribution in [3.8, 4) is 0 Å². The molecule has 0 unspecified atom stereocenters. The van der Waals surface area contributed by atoms with E-state index in [1.807, 2.05) is 0 Å². The predicted molar refractivity (Wildman–Crippen MR) is 94.5 cm³/mol. The van der Waals surface area contributed by atoms with Crippen LogP contribution in [-0.4, -0.2) is 28.0 Å². The third kappa shape index (κ3) is 4.44. The summed E-state index contributed by atoms with van der Waals surface area (Å²) in [5.74, 6) is -0.510. The molecule has 0 aromatic heterocycles. The van der Waals surface area contributed by atoms with Gasteiger partial charge in [-0.25, -0.2) is 22.0 Å². The minimum absolute atomic E-state index is 0.0692. The van der Waals surface area contributed by atoms with Crippen LogP contribution >= 0.6 is 0 Å². The monoisotopic (exact) mass is 382 g/mol. The molecule has 0 atom stereocenters. The molecule has 7 nitrogen and oxygen atoms in total. The zero-order valence-electron chi connectivity index (χ0n) is 13.6. The SMILES string of the molecule is CC(C)S(=O)(=O)c1cccc(C(=O)Nc2ccc(S(N)(=O)=O)cc2)c1. The number of rotatable bonds is 5. The van der Waals surface area contributed by atoms with Crippen molar-refractivity contribution in [3.05, 3.63) is 54.1 Å². The van der Waals surface area contributed by atoms with E-state index in [1.54, 1.807) is 13.8 Å². The van der Waals surface area contributed by atoms with Crippen LogP contribution in [0.5, 0.6) is 0 Å². The standard InChI is InChI=1S/C16H18N2O5S2/c1-11(2)24(20,21)15-5-3-4-12(10-15)16(19)18-13-6-8-14(9-7-13)25(17,22)23/h3-11H,1-2H3,(H,18,19)(H2,17,22,23). The molecule has 9 heteroatoms. The van der Waals surface area contributed by atoms with Gasteiger partial charge in [-0.2, -0.15) is 0 Å². The van der Waals surface area contributed by atoms with Crippen molar-refractivity contribution >= 4 is 31.5 Å². The summed E-state index contributed by atoms with van der Waals surface area (Å²) < 4.78 is 46.8. The number of sulfone groups is 1. The van der Waals surface area contributed by atoms with E-state index in [1.165, 1.54) is 48.5 Å². The first-order valence-corrected chi connectivity index (χ1v) is 10.4. The molecule has 0 aliphatic heterocycles. The number of carbonyl (C=O) groups excluding carboxylic acids is 1. The van der Waals surface area contributed by atoms with Crippen molar-refractivity contribution in [2.24, 2.45) is 5.14 Å². The minimum Gasteiger partial charge on any atom is -0.322 e. The van der Waals surface area contributed by atoms with E-state index in [0.29, 0.717) is 5.69 Å². The molecule has 2 rings (SSSR count). The van der Waals surface area contributed by atoms with Gasteiger partial charge >= 0.3 is 0 Å². The van der Waals surface area contributed by atoms with Crippen LogP contribution in [0.2, 0.25) is 0 Å². The summed E-state index contributed by atoms with van der Waals surface area (Å²) in [7, 11) is -7.30. The van der Waals surface area contributed by atoms with Crippen LogP contribution in [-0.2, 0) is 19.9 Å². The average molecular weight is 382 g/mol. The highest BCUT2D eigenvalue weighted by molar-refractivity contribution is 7.92. The van der Waals surface area contributed by atoms with Gasteiger partial charge in [0, 0.05) is 11.3 Å². The van der Waals surface area contributed by atoms with Crippen LogP contribution in [0.3, 0.4) is 0 Å². The summed E-state index contributed by atoms with van der Waals surface area (Å²) >= 11 is 0. The molecule has 0 saturated carbocycles. The van der Waals surface area contributed by atoms with Crippen molar-refractivity contribution < 1.29 is 21.6 Å². The molecule has 0 radical (unpaired) electrons. The summed E-state index contributed by atoms with van der Waals surface area (Å²) in [6, 6.07) is 11.1. The second-order valence-corrected chi connectivity index (χ2v) is 9.71. The second kappa shape index (κ2) is 6.95. The van der Waals surface area contributed by atoms with Gasteiger partial charge in [0.25, 0.3) is 5.91 Å². The molecule has 2 aromatic carbocycles. The lowest BCUT2D eigenvalue weighted by molar-refractivity contribution is 0.102. The molecule has 0 aliphatic rings. The van der Waals surface area contributed by atoms with E-state index in [4.69, 9.17) is 5.14 Å². The maximum absolute atomic E-state index is 12.3. The Hall–Kier alpha value is -2.23. The third-order valence-corrected chi connectivity index (χ3v) is 6.57. The summed E-state index contributed by atoms with van der Waals surface area (Å²) in [4.78, 5) is 12.3. The molecule has 1 amide bonds. The summed E-state index contributed by atoms with van der Waals surface area (Å²) in [6.07, 6.45) is 0. The number of hydrogen-bond donors (Lipinski definition) is 2. The zero-order chi connectivity index (χ0) is 18.8. The first kappa shape index (κ1) is 19.1. The van der Waals surface area contributed by atoms with Gasteiger partial charge in [0.05, 0.1) is 15.0 Å². The topological polar surface area (TPSA) is 123 Å². The van der Waals surface area contributed by atoms with Crippen LogP contribution in [0.1, 0.15) is 24.2 Å². The molecule has 25 heavy (non-hydrogen) atoms. The van der Waals surface area contributed by atoms with Crippen molar-refractivity contribution in [3.63, 3.8) is 0 Å². The highest BCUT2D eigenvalue weighted by Crippen LogP contribution is 2.19. The molecule has 134 valence electrons. The van der Waals surface area contributed by atoms with Crippen molar-refractivity contribution in [2.45, 2.75) is 28.9 Å². The molecule has 0 aliphatic carbocycles. The fourth-order valence-corrected chi connectivity index (χ4v) is 3.64. The highest BCUT2D eigenvalue weighted by Gasteiger charge is 2.20. The van der Waals surface area contributed by atoms with Gasteiger partial charge in [-0.15, -0.1) is 0 Å². The number of benzene rings is 2. The first-order chi connectivity index (χ1) is 11.5. The van der Waals surface area contributed by atoms with Crippen molar-refractivity contribution in [1.29, 1.82) is 0 Å². The number of anilines is 1. The maximum atomic E-state index is 12.3. The number of amides is 1. The van der Waals surface area contributed by atoms with E-state index in [0.717, 1.165) is 0 Å². The van der Waals surface area contributed by atoms with E-state index in [9.17, 15) is 21.6 Å². The molecule has 0 spiro atoms. The molecule has 2 aromatic rings. The number of primary sulfonamides is 1. The summed E-state index contributed by atoms with van der Waals surface area (Å²) in [5.41, 5.74) is 0.534. The maximum Gasteiger partial charge on any atom is 0.255 e. The Bertz CT molecular complexity index is 995. The van der Waals surface area contributed by atoms with Gasteiger partial charge in [-0.05, 0) is 56.3 Å². The van der Waals surface area contributed by atoms with E-state index in [-0.39, 0.29) is 15.4 Å². The van der Waals surface area contributed by atoms with Gasteiger partial charge in [-0.1, -0.05) is 6.07 Å². The van der Waals surface area contributed by atoms with Crippen LogP contribution in [0.15, 0.2) is 58.3 Å². The van der Waals surface area contributed by atoms with Crippen LogP contribution < -0.4 is 10.5 Å². The lowest BCUT2D eigenvalue weighted by Gasteiger charge is -2.10. The largest absolute Gasteiger partial charge is 0.322 e. The van der Waals surface area contributed by atoms with E-state index in [2.05, 4.69) is 5.32 Å². The summed E-state index contributed by atoms with van der Waals surface area (Å²) in [6.45, 7) is 3.13. The molecular weight excluding hydrogens is 364 g/mol. The number of nitrogens with one attached hydrogen (secondary N) is 1. The fourth-order valence-electron chi connectivity index (χ4n) is 2.02. The van der Waals surface area contributed by atoms with Gasteiger partial charge in [0.15, 0.2) is 9.84 Å². The molecular formula is C16H18N2O5S2. The molecule has 0 bridgehead atoms. The first-order valence-electron chi connectivity index (χ1n) is 7.30. The number of nitrogens with two attached hydrogens (primary N) is 1. The molecule has 0 saturated heterocycles. The van der Waals surface area contributed by atoms with Gasteiger partial charge in [-0.3, -0.25) is 4.79 Å². The number of carbonyl (C=O) groups is 1. The van der Waals surface area contributed by atoms with E-state index >= 15 is 0 Å². The molecule has 3 N–H and O–H groups in total. The lowest BCUT2D eigenvalue weighted by atomic mass is 10.2. The Kier molecular flexibility index (Phi) is 5.31. The van der Waals surface area contributed by atoms with Gasteiger partial charge < -0.3 is 5.32 Å². The lowest BCUT2D eigenvalue weighted by Crippen LogP contribution is -2.16. The van der Waals surface area contributed by atoms with Crippen LogP contribution in [0.4, 0.5) is 5.69 Å². The normalized spacial score (nSPS) is 12.2. The quantitative estimate of drug-likeness (QED) is 0.816. The Morgan fingerprint density at radius 2 is 1.56 bits per heavy atom. The Morgan fingerprint density at radius 3 is 2.08 bits per heavy atom. The smallest absolute Gasteiger partial charge is 0.255 e. The number of hydrogen-bond acceptors (Lipinski definition) is 5. The Labute approximate surface area is 146 Å². The Morgan fingerprint density at radius 1 is 0.960 bits per heavy atom. The molecule has 0 heterocycles. The average Bonchev–Trinajstić information content (AvgIpc) is 2.54. The predicted octanol–water partition coefficient (Wildman–Crippen LogP) is 1.77. The summed E-state index contributed by atoms with van der Waals surface area (Å²) in [5, 5.41) is 6.98. The number of sulfonamides is 1.